The van der Waals surface area contributed by atoms with Gasteiger partial charge in [0, 0.05) is 30.3 Å². The number of non-ortho nitro benzene ring substituents is 1. The fourth-order valence-electron chi connectivity index (χ4n) is 6.38. The molecule has 3 aromatic rings. The standard InChI is InChI=1S/C26H29N3O4/c1-33-18-5-2-4-16(10-18)26(20-13-24(20)30)28-9-8-15-12-22-19(11-17(15)14-28)25-21(27-22)6-3-7-23(25)29(31)32/h2-7,10,15,17,20,24,26-27,30H,8-9,11-14H2,1H3. The molecular weight excluding hydrogens is 418 g/mol. The summed E-state index contributed by atoms with van der Waals surface area (Å²) < 4.78 is 5.47. The summed E-state index contributed by atoms with van der Waals surface area (Å²) in [6, 6.07) is 13.7. The van der Waals surface area contributed by atoms with Crippen LogP contribution in [-0.4, -0.2) is 46.2 Å². The maximum Gasteiger partial charge on any atom is 0.279 e. The third-order valence-corrected chi connectivity index (χ3v) is 8.09. The number of hydrogen-bond acceptors (Lipinski definition) is 5. The van der Waals surface area contributed by atoms with Gasteiger partial charge in [-0.3, -0.25) is 15.0 Å². The van der Waals surface area contributed by atoms with Crippen molar-refractivity contribution in [3.8, 4) is 5.75 Å². The molecule has 0 spiro atoms. The van der Waals surface area contributed by atoms with Gasteiger partial charge in [0.1, 0.15) is 5.75 Å². The highest BCUT2D eigenvalue weighted by atomic mass is 16.6. The van der Waals surface area contributed by atoms with Gasteiger partial charge in [-0.25, -0.2) is 0 Å². The zero-order chi connectivity index (χ0) is 22.7. The predicted octanol–water partition coefficient (Wildman–Crippen LogP) is 4.24. The Bertz CT molecular complexity index is 1220. The van der Waals surface area contributed by atoms with E-state index in [1.54, 1.807) is 19.2 Å². The number of nitrogens with zero attached hydrogens (tertiary/aromatic N) is 2. The molecule has 5 atom stereocenters. The maximum absolute atomic E-state index is 11.7. The summed E-state index contributed by atoms with van der Waals surface area (Å²) in [5.74, 6) is 2.13. The minimum Gasteiger partial charge on any atom is -0.497 e. The summed E-state index contributed by atoms with van der Waals surface area (Å²) in [6.45, 7) is 1.95. The van der Waals surface area contributed by atoms with Crippen LogP contribution in [0.4, 0.5) is 5.69 Å². The lowest BCUT2D eigenvalue weighted by Gasteiger charge is -2.44. The first-order valence-corrected chi connectivity index (χ1v) is 11.9. The minimum atomic E-state index is -0.261. The molecule has 2 heterocycles. The largest absolute Gasteiger partial charge is 0.497 e. The van der Waals surface area contributed by atoms with Crippen LogP contribution in [0.5, 0.6) is 5.75 Å². The van der Waals surface area contributed by atoms with Crippen molar-refractivity contribution in [1.82, 2.24) is 9.88 Å². The van der Waals surface area contributed by atoms with E-state index >= 15 is 0 Å². The number of rotatable bonds is 5. The molecule has 0 bridgehead atoms. The number of nitro groups is 1. The molecule has 3 aliphatic rings. The van der Waals surface area contributed by atoms with Gasteiger partial charge in [-0.2, -0.15) is 0 Å². The van der Waals surface area contributed by atoms with Crippen LogP contribution in [0.15, 0.2) is 42.5 Å². The maximum atomic E-state index is 11.7. The van der Waals surface area contributed by atoms with Crippen LogP contribution in [0.3, 0.4) is 0 Å². The molecule has 1 aromatic heterocycles. The van der Waals surface area contributed by atoms with Crippen LogP contribution in [0, 0.1) is 27.9 Å². The van der Waals surface area contributed by atoms with E-state index in [2.05, 4.69) is 22.0 Å². The second-order valence-electron chi connectivity index (χ2n) is 9.94. The van der Waals surface area contributed by atoms with E-state index in [0.717, 1.165) is 61.0 Å². The highest BCUT2D eigenvalue weighted by Crippen LogP contribution is 2.48. The normalized spacial score (nSPS) is 27.6. The molecule has 33 heavy (non-hydrogen) atoms. The number of nitro benzene ring substituents is 1. The summed E-state index contributed by atoms with van der Waals surface area (Å²) in [7, 11) is 1.69. The minimum absolute atomic E-state index is 0.176. The second-order valence-corrected chi connectivity index (χ2v) is 9.94. The monoisotopic (exact) mass is 447 g/mol. The molecule has 1 saturated carbocycles. The molecule has 7 nitrogen and oxygen atoms in total. The zero-order valence-corrected chi connectivity index (χ0v) is 18.7. The number of likely N-dealkylation sites (tertiary alicyclic amines) is 1. The van der Waals surface area contributed by atoms with Crippen LogP contribution in [0.25, 0.3) is 10.9 Å². The van der Waals surface area contributed by atoms with Gasteiger partial charge in [0.25, 0.3) is 5.69 Å². The first-order valence-electron chi connectivity index (χ1n) is 11.9. The fraction of sp³-hybridized carbons (Fsp3) is 0.462. The summed E-state index contributed by atoms with van der Waals surface area (Å²) in [5, 5.41) is 22.8. The van der Waals surface area contributed by atoms with Crippen molar-refractivity contribution in [3.63, 3.8) is 0 Å². The van der Waals surface area contributed by atoms with Crippen LogP contribution < -0.4 is 4.74 Å². The molecule has 1 saturated heterocycles. The fourth-order valence-corrected chi connectivity index (χ4v) is 6.38. The third-order valence-electron chi connectivity index (χ3n) is 8.09. The van der Waals surface area contributed by atoms with Crippen molar-refractivity contribution in [2.75, 3.05) is 20.2 Å². The highest BCUT2D eigenvalue weighted by Gasteiger charge is 2.47. The van der Waals surface area contributed by atoms with E-state index in [1.807, 2.05) is 18.2 Å². The second kappa shape index (κ2) is 7.85. The smallest absolute Gasteiger partial charge is 0.279 e. The first kappa shape index (κ1) is 20.7. The van der Waals surface area contributed by atoms with E-state index < -0.39 is 0 Å². The molecule has 2 fully saturated rings. The zero-order valence-electron chi connectivity index (χ0n) is 18.7. The third kappa shape index (κ3) is 3.50. The lowest BCUT2D eigenvalue weighted by molar-refractivity contribution is -0.383. The van der Waals surface area contributed by atoms with Crippen molar-refractivity contribution in [2.45, 2.75) is 37.8 Å². The summed E-state index contributed by atoms with van der Waals surface area (Å²) in [6.07, 6.45) is 3.51. The van der Waals surface area contributed by atoms with Crippen molar-refractivity contribution in [2.24, 2.45) is 17.8 Å². The van der Waals surface area contributed by atoms with Gasteiger partial charge in [-0.05, 0) is 73.4 Å². The number of piperidine rings is 1. The molecule has 7 heteroatoms. The Morgan fingerprint density at radius 3 is 2.79 bits per heavy atom. The molecule has 5 unspecified atom stereocenters. The molecule has 172 valence electrons. The molecule has 0 amide bonds. The van der Waals surface area contributed by atoms with E-state index in [4.69, 9.17) is 4.74 Å². The number of aromatic amines is 1. The Morgan fingerprint density at radius 1 is 1.21 bits per heavy atom. The molecule has 1 aliphatic heterocycles. The Kier molecular flexibility index (Phi) is 4.92. The number of ether oxygens (including phenoxy) is 1. The summed E-state index contributed by atoms with van der Waals surface area (Å²) >= 11 is 0. The lowest BCUT2D eigenvalue weighted by Crippen LogP contribution is -2.46. The molecule has 2 N–H and O–H groups in total. The van der Waals surface area contributed by atoms with Gasteiger partial charge in [0.15, 0.2) is 0 Å². The summed E-state index contributed by atoms with van der Waals surface area (Å²) in [4.78, 5) is 17.5. The Balaban J connectivity index is 1.31. The molecular formula is C26H29N3O4. The number of H-pyrrole nitrogens is 1. The van der Waals surface area contributed by atoms with Gasteiger partial charge in [0.05, 0.1) is 29.0 Å². The van der Waals surface area contributed by atoms with Crippen molar-refractivity contribution in [3.05, 3.63) is 69.4 Å². The van der Waals surface area contributed by atoms with Crippen LogP contribution in [0.1, 0.15) is 35.7 Å². The number of aliphatic hydroxyl groups is 1. The van der Waals surface area contributed by atoms with Gasteiger partial charge < -0.3 is 14.8 Å². The molecule has 2 aliphatic carbocycles. The van der Waals surface area contributed by atoms with E-state index in [1.165, 1.54) is 11.3 Å². The number of aromatic nitrogens is 1. The van der Waals surface area contributed by atoms with Crippen molar-refractivity contribution < 1.29 is 14.8 Å². The topological polar surface area (TPSA) is 91.6 Å². The number of nitrogens with one attached hydrogen (secondary N) is 1. The van der Waals surface area contributed by atoms with Gasteiger partial charge in [-0.1, -0.05) is 18.2 Å². The van der Waals surface area contributed by atoms with Crippen molar-refractivity contribution in [1.29, 1.82) is 0 Å². The molecule has 6 rings (SSSR count). The molecule has 0 radical (unpaired) electrons. The summed E-state index contributed by atoms with van der Waals surface area (Å²) in [5.41, 5.74) is 4.58. The van der Waals surface area contributed by atoms with E-state index in [9.17, 15) is 15.2 Å². The average Bonchev–Trinajstić information content (AvgIpc) is 3.42. The van der Waals surface area contributed by atoms with Gasteiger partial charge in [0.2, 0.25) is 0 Å². The Morgan fingerprint density at radius 2 is 2.03 bits per heavy atom. The van der Waals surface area contributed by atoms with Crippen LogP contribution in [-0.2, 0) is 12.8 Å². The first-order chi connectivity index (χ1) is 16.0. The van der Waals surface area contributed by atoms with Crippen molar-refractivity contribution >= 4 is 16.6 Å². The predicted molar refractivity (Wildman–Crippen MR) is 125 cm³/mol. The quantitative estimate of drug-likeness (QED) is 0.451. The van der Waals surface area contributed by atoms with Gasteiger partial charge in [-0.15, -0.1) is 0 Å². The number of methoxy groups -OCH3 is 1. The number of benzene rings is 2. The highest BCUT2D eigenvalue weighted by molar-refractivity contribution is 5.93. The Labute approximate surface area is 192 Å². The Hall–Kier alpha value is -2.90. The number of fused-ring (bicyclic) bond motifs is 4. The lowest BCUT2D eigenvalue weighted by atomic mass is 9.73. The average molecular weight is 448 g/mol. The van der Waals surface area contributed by atoms with Crippen LogP contribution >= 0.6 is 0 Å². The number of aliphatic hydroxyl groups excluding tert-OH is 1. The van der Waals surface area contributed by atoms with E-state index in [-0.39, 0.29) is 28.7 Å². The van der Waals surface area contributed by atoms with Crippen LogP contribution in [0.2, 0.25) is 0 Å². The van der Waals surface area contributed by atoms with Gasteiger partial charge >= 0.3 is 0 Å². The molecule has 2 aromatic carbocycles. The SMILES string of the molecule is COc1cccc(C(C2CC2O)N2CCC3Cc4[nH]c5cccc([N+](=O)[O-])c5c4CC3C2)c1. The van der Waals surface area contributed by atoms with E-state index in [0.29, 0.717) is 11.8 Å². The number of hydrogen-bond donors (Lipinski definition) is 2.